The number of nitrogens with zero attached hydrogens (tertiary/aromatic N) is 2. The molecular formula is C22H31N3O4. The van der Waals surface area contributed by atoms with Gasteiger partial charge in [0.05, 0.1) is 29.2 Å². The van der Waals surface area contributed by atoms with Crippen LogP contribution in [0.4, 0.5) is 5.69 Å². The third-order valence-electron chi connectivity index (χ3n) is 4.77. The summed E-state index contributed by atoms with van der Waals surface area (Å²) in [4.78, 5) is 24.7. The highest BCUT2D eigenvalue weighted by Crippen LogP contribution is 2.19. The Morgan fingerprint density at radius 1 is 1.14 bits per heavy atom. The zero-order chi connectivity index (χ0) is 21.4. The molecule has 1 aromatic carbocycles. The van der Waals surface area contributed by atoms with Crippen molar-refractivity contribution in [1.82, 2.24) is 9.78 Å². The van der Waals surface area contributed by atoms with E-state index < -0.39 is 18.0 Å². The fourth-order valence-electron chi connectivity index (χ4n) is 2.87. The molecule has 0 spiro atoms. The first-order chi connectivity index (χ1) is 13.8. The van der Waals surface area contributed by atoms with Crippen molar-refractivity contribution in [1.29, 1.82) is 0 Å². The first-order valence-electron chi connectivity index (χ1n) is 10.1. The van der Waals surface area contributed by atoms with Crippen LogP contribution in [0.15, 0.2) is 24.3 Å². The zero-order valence-corrected chi connectivity index (χ0v) is 17.9. The molecule has 1 heterocycles. The summed E-state index contributed by atoms with van der Waals surface area (Å²) in [5, 5.41) is 7.04. The quantitative estimate of drug-likeness (QED) is 0.477. The SMILES string of the molecule is CCCCCCOc1ccc(C(=O)O[C@@H](C)C(=O)Nc2c(C)nn(C)c2C)cc1. The molecule has 0 fully saturated rings. The molecule has 0 unspecified atom stereocenters. The Bertz CT molecular complexity index is 827. The van der Waals surface area contributed by atoms with Crippen molar-refractivity contribution in [2.45, 2.75) is 59.5 Å². The van der Waals surface area contributed by atoms with E-state index in [-0.39, 0.29) is 0 Å². The summed E-state index contributed by atoms with van der Waals surface area (Å²) in [5.74, 6) is -0.238. The van der Waals surface area contributed by atoms with E-state index in [9.17, 15) is 9.59 Å². The Kier molecular flexibility index (Phi) is 8.24. The maximum atomic E-state index is 12.4. The molecule has 0 aliphatic rings. The van der Waals surface area contributed by atoms with Gasteiger partial charge >= 0.3 is 5.97 Å². The highest BCUT2D eigenvalue weighted by Gasteiger charge is 2.21. The molecule has 0 aliphatic heterocycles. The number of hydrogen-bond donors (Lipinski definition) is 1. The molecule has 0 saturated carbocycles. The van der Waals surface area contributed by atoms with Crippen LogP contribution in [0.3, 0.4) is 0 Å². The van der Waals surface area contributed by atoms with Gasteiger partial charge in [-0.1, -0.05) is 26.2 Å². The minimum atomic E-state index is -0.934. The van der Waals surface area contributed by atoms with Crippen molar-refractivity contribution in [2.24, 2.45) is 7.05 Å². The van der Waals surface area contributed by atoms with E-state index >= 15 is 0 Å². The molecule has 158 valence electrons. The number of hydrogen-bond acceptors (Lipinski definition) is 5. The summed E-state index contributed by atoms with van der Waals surface area (Å²) < 4.78 is 12.7. The van der Waals surface area contributed by atoms with Gasteiger partial charge in [-0.3, -0.25) is 9.48 Å². The number of benzene rings is 1. The number of rotatable bonds is 10. The highest BCUT2D eigenvalue weighted by atomic mass is 16.5. The van der Waals surface area contributed by atoms with Crippen molar-refractivity contribution in [3.63, 3.8) is 0 Å². The number of aromatic nitrogens is 2. The number of unbranched alkanes of at least 4 members (excludes halogenated alkanes) is 3. The summed E-state index contributed by atoms with van der Waals surface area (Å²) >= 11 is 0. The number of carbonyl (C=O) groups excluding carboxylic acids is 2. The topological polar surface area (TPSA) is 82.4 Å². The number of anilines is 1. The average Bonchev–Trinajstić information content (AvgIpc) is 2.94. The molecule has 1 atom stereocenters. The van der Waals surface area contributed by atoms with Crippen molar-refractivity contribution >= 4 is 17.6 Å². The van der Waals surface area contributed by atoms with Gasteiger partial charge in [-0.25, -0.2) is 4.79 Å². The minimum absolute atomic E-state index is 0.372. The standard InChI is InChI=1S/C22H31N3O4/c1-6-7-8-9-14-28-19-12-10-18(11-13-19)22(27)29-17(4)21(26)23-20-15(2)24-25(5)16(20)3/h10-13,17H,6-9,14H2,1-5H3,(H,23,26)/t17-/m0/s1. The zero-order valence-electron chi connectivity index (χ0n) is 17.9. The van der Waals surface area contributed by atoms with Gasteiger partial charge in [0, 0.05) is 7.05 Å². The fourth-order valence-corrected chi connectivity index (χ4v) is 2.87. The normalized spacial score (nSPS) is 11.8. The molecule has 1 amide bonds. The number of aryl methyl sites for hydroxylation is 2. The summed E-state index contributed by atoms with van der Waals surface area (Å²) in [6.07, 6.45) is 3.63. The van der Waals surface area contributed by atoms with E-state index in [1.165, 1.54) is 12.8 Å². The lowest BCUT2D eigenvalue weighted by Crippen LogP contribution is -2.30. The predicted octanol–water partition coefficient (Wildman–Crippen LogP) is 4.18. The largest absolute Gasteiger partial charge is 0.494 e. The van der Waals surface area contributed by atoms with Gasteiger partial charge in [0.15, 0.2) is 6.10 Å². The van der Waals surface area contributed by atoms with Crippen LogP contribution in [0.25, 0.3) is 0 Å². The van der Waals surface area contributed by atoms with Crippen LogP contribution < -0.4 is 10.1 Å². The predicted molar refractivity (Wildman–Crippen MR) is 112 cm³/mol. The first kappa shape index (κ1) is 22.5. The average molecular weight is 402 g/mol. The molecule has 0 radical (unpaired) electrons. The Morgan fingerprint density at radius 2 is 1.83 bits per heavy atom. The first-order valence-corrected chi connectivity index (χ1v) is 10.1. The summed E-state index contributed by atoms with van der Waals surface area (Å²) in [7, 11) is 1.81. The monoisotopic (exact) mass is 401 g/mol. The minimum Gasteiger partial charge on any atom is -0.494 e. The Morgan fingerprint density at radius 3 is 2.41 bits per heavy atom. The van der Waals surface area contributed by atoms with E-state index in [4.69, 9.17) is 9.47 Å². The molecule has 1 N–H and O–H groups in total. The number of nitrogens with one attached hydrogen (secondary N) is 1. The lowest BCUT2D eigenvalue weighted by Gasteiger charge is -2.14. The molecule has 2 aromatic rings. The molecule has 0 bridgehead atoms. The van der Waals surface area contributed by atoms with Crippen LogP contribution in [-0.4, -0.2) is 34.4 Å². The maximum Gasteiger partial charge on any atom is 0.338 e. The Balaban J connectivity index is 1.86. The van der Waals surface area contributed by atoms with E-state index in [0.717, 1.165) is 18.5 Å². The van der Waals surface area contributed by atoms with Gasteiger partial charge in [0.2, 0.25) is 0 Å². The number of carbonyl (C=O) groups is 2. The smallest absolute Gasteiger partial charge is 0.338 e. The Labute approximate surface area is 172 Å². The lowest BCUT2D eigenvalue weighted by atomic mass is 10.2. The van der Waals surface area contributed by atoms with Crippen molar-refractivity contribution in [3.8, 4) is 5.75 Å². The van der Waals surface area contributed by atoms with Gasteiger partial charge in [-0.05, 0) is 51.5 Å². The maximum absolute atomic E-state index is 12.4. The second-order valence-corrected chi connectivity index (χ2v) is 7.14. The van der Waals surface area contributed by atoms with Crippen LogP contribution in [-0.2, 0) is 16.6 Å². The molecule has 1 aromatic heterocycles. The molecule has 2 rings (SSSR count). The second-order valence-electron chi connectivity index (χ2n) is 7.14. The highest BCUT2D eigenvalue weighted by molar-refractivity contribution is 5.98. The van der Waals surface area contributed by atoms with Crippen molar-refractivity contribution in [3.05, 3.63) is 41.2 Å². The van der Waals surface area contributed by atoms with Gasteiger partial charge in [-0.15, -0.1) is 0 Å². The van der Waals surface area contributed by atoms with Crippen molar-refractivity contribution in [2.75, 3.05) is 11.9 Å². The molecule has 7 heteroatoms. The van der Waals surface area contributed by atoms with Crippen LogP contribution >= 0.6 is 0 Å². The number of esters is 1. The molecule has 7 nitrogen and oxygen atoms in total. The lowest BCUT2D eigenvalue weighted by molar-refractivity contribution is -0.123. The van der Waals surface area contributed by atoms with Gasteiger partial charge in [0.25, 0.3) is 5.91 Å². The van der Waals surface area contributed by atoms with Crippen molar-refractivity contribution < 1.29 is 19.1 Å². The summed E-state index contributed by atoms with van der Waals surface area (Å²) in [6.45, 7) is 8.05. The summed E-state index contributed by atoms with van der Waals surface area (Å²) in [5.41, 5.74) is 2.55. The van der Waals surface area contributed by atoms with E-state index in [2.05, 4.69) is 17.3 Å². The molecular weight excluding hydrogens is 370 g/mol. The van der Waals surface area contributed by atoms with Crippen LogP contribution in [0.1, 0.15) is 61.3 Å². The third kappa shape index (κ3) is 6.34. The number of ether oxygens (including phenoxy) is 2. The fraction of sp³-hybridized carbons (Fsp3) is 0.500. The van der Waals surface area contributed by atoms with E-state index in [1.54, 1.807) is 42.9 Å². The summed E-state index contributed by atoms with van der Waals surface area (Å²) in [6, 6.07) is 6.76. The van der Waals surface area contributed by atoms with Crippen LogP contribution in [0, 0.1) is 13.8 Å². The van der Waals surface area contributed by atoms with E-state index in [0.29, 0.717) is 29.3 Å². The second kappa shape index (κ2) is 10.6. The third-order valence-corrected chi connectivity index (χ3v) is 4.77. The molecule has 0 aliphatic carbocycles. The van der Waals surface area contributed by atoms with Gasteiger partial charge in [-0.2, -0.15) is 5.10 Å². The molecule has 0 saturated heterocycles. The van der Waals surface area contributed by atoms with E-state index in [1.807, 2.05) is 13.8 Å². The Hall–Kier alpha value is -2.83. The molecule has 29 heavy (non-hydrogen) atoms. The number of amides is 1. The van der Waals surface area contributed by atoms with Gasteiger partial charge < -0.3 is 14.8 Å². The van der Waals surface area contributed by atoms with Crippen LogP contribution in [0.2, 0.25) is 0 Å². The van der Waals surface area contributed by atoms with Crippen LogP contribution in [0.5, 0.6) is 5.75 Å². The van der Waals surface area contributed by atoms with Gasteiger partial charge in [0.1, 0.15) is 5.75 Å².